The Bertz CT molecular complexity index is 1320. The van der Waals surface area contributed by atoms with Crippen LogP contribution in [0.2, 0.25) is 0 Å². The third kappa shape index (κ3) is 4.72. The van der Waals surface area contributed by atoms with Gasteiger partial charge < -0.3 is 10.2 Å². The van der Waals surface area contributed by atoms with E-state index >= 15 is 0 Å². The average Bonchev–Trinajstić information content (AvgIpc) is 3.36. The first-order valence-corrected chi connectivity index (χ1v) is 14.2. The summed E-state index contributed by atoms with van der Waals surface area (Å²) in [6.07, 6.45) is 7.99. The number of rotatable bonds is 8. The predicted molar refractivity (Wildman–Crippen MR) is 160 cm³/mol. The molecule has 6 rings (SSSR count). The van der Waals surface area contributed by atoms with Gasteiger partial charge in [0, 0.05) is 12.0 Å². The molecular formula is C36H36N2O. The first-order chi connectivity index (χ1) is 19.2. The third-order valence-electron chi connectivity index (χ3n) is 8.73. The quantitative estimate of drug-likeness (QED) is 0.213. The molecule has 1 heterocycles. The summed E-state index contributed by atoms with van der Waals surface area (Å²) in [5.74, 6) is 0.0244. The number of nitrogens with one attached hydrogen (secondary N) is 1. The second-order valence-electron chi connectivity index (χ2n) is 10.9. The van der Waals surface area contributed by atoms with Crippen LogP contribution >= 0.6 is 0 Å². The van der Waals surface area contributed by atoms with Crippen molar-refractivity contribution in [3.8, 4) is 0 Å². The Labute approximate surface area is 232 Å². The predicted octanol–water partition coefficient (Wildman–Crippen LogP) is 6.59. The number of allylic oxidation sites excluding steroid dienone is 1. The van der Waals surface area contributed by atoms with Crippen LogP contribution in [0.15, 0.2) is 121 Å². The lowest BCUT2D eigenvalue weighted by Gasteiger charge is -2.39. The van der Waals surface area contributed by atoms with E-state index in [2.05, 4.69) is 83.0 Å². The van der Waals surface area contributed by atoms with E-state index in [9.17, 15) is 4.79 Å². The van der Waals surface area contributed by atoms with Crippen LogP contribution in [0.25, 0.3) is 6.08 Å². The van der Waals surface area contributed by atoms with E-state index in [1.54, 1.807) is 0 Å². The Morgan fingerprint density at radius 2 is 1.23 bits per heavy atom. The minimum atomic E-state index is -0.913. The number of amides is 1. The van der Waals surface area contributed by atoms with Gasteiger partial charge in [0.25, 0.3) is 0 Å². The van der Waals surface area contributed by atoms with E-state index in [-0.39, 0.29) is 11.3 Å². The standard InChI is InChI=1S/C36H36N2O/c39-34(37-25-12-26-38-27-23-35(24-28-38)22-21-29-13-10-11-20-33(29)35)36(30-14-4-1-5-15-30,31-16-6-2-7-17-31)32-18-8-3-9-19-32/h1-11,13-22H,12,23-28H2,(H,37,39). The van der Waals surface area contributed by atoms with Gasteiger partial charge in [-0.2, -0.15) is 0 Å². The molecule has 0 unspecified atom stereocenters. The summed E-state index contributed by atoms with van der Waals surface area (Å²) in [4.78, 5) is 16.8. The Morgan fingerprint density at radius 1 is 0.718 bits per heavy atom. The topological polar surface area (TPSA) is 32.3 Å². The number of benzene rings is 4. The van der Waals surface area contributed by atoms with Crippen LogP contribution in [0, 0.1) is 0 Å². The Kier molecular flexibility index (Phi) is 7.17. The second-order valence-corrected chi connectivity index (χ2v) is 10.9. The third-order valence-corrected chi connectivity index (χ3v) is 8.73. The van der Waals surface area contributed by atoms with Crippen LogP contribution in [0.4, 0.5) is 0 Å². The fraction of sp³-hybridized carbons (Fsp3) is 0.250. The fourth-order valence-electron chi connectivity index (χ4n) is 6.64. The minimum absolute atomic E-state index is 0.0244. The highest BCUT2D eigenvalue weighted by atomic mass is 16.2. The molecule has 4 aromatic carbocycles. The van der Waals surface area contributed by atoms with Gasteiger partial charge in [-0.05, 0) is 66.7 Å². The molecule has 2 aliphatic rings. The lowest BCUT2D eigenvalue weighted by molar-refractivity contribution is -0.124. The number of carbonyl (C=O) groups excluding carboxylic acids is 1. The van der Waals surface area contributed by atoms with E-state index in [0.717, 1.165) is 55.6 Å². The molecule has 3 heteroatoms. The number of likely N-dealkylation sites (tertiary alicyclic amines) is 1. The van der Waals surface area contributed by atoms with Crippen LogP contribution in [-0.2, 0) is 15.6 Å². The number of hydrogen-bond donors (Lipinski definition) is 1. The summed E-state index contributed by atoms with van der Waals surface area (Å²) < 4.78 is 0. The molecule has 0 atom stereocenters. The molecule has 1 aliphatic carbocycles. The summed E-state index contributed by atoms with van der Waals surface area (Å²) in [6.45, 7) is 3.83. The van der Waals surface area contributed by atoms with Crippen molar-refractivity contribution >= 4 is 12.0 Å². The molecule has 4 aromatic rings. The maximum Gasteiger partial charge on any atom is 0.239 e. The Balaban J connectivity index is 1.15. The van der Waals surface area contributed by atoms with Gasteiger partial charge in [0.15, 0.2) is 0 Å². The van der Waals surface area contributed by atoms with Gasteiger partial charge >= 0.3 is 0 Å². The molecular weight excluding hydrogens is 476 g/mol. The highest BCUT2D eigenvalue weighted by molar-refractivity contribution is 5.96. The van der Waals surface area contributed by atoms with Gasteiger partial charge in [0.1, 0.15) is 5.41 Å². The van der Waals surface area contributed by atoms with Crippen molar-refractivity contribution in [2.24, 2.45) is 0 Å². The number of hydrogen-bond acceptors (Lipinski definition) is 2. The number of carbonyl (C=O) groups is 1. The molecule has 1 saturated heterocycles. The summed E-state index contributed by atoms with van der Waals surface area (Å²) in [7, 11) is 0. The number of piperidine rings is 1. The maximum absolute atomic E-state index is 14.3. The highest BCUT2D eigenvalue weighted by Crippen LogP contribution is 2.43. The highest BCUT2D eigenvalue weighted by Gasteiger charge is 2.43. The van der Waals surface area contributed by atoms with Crippen molar-refractivity contribution < 1.29 is 4.79 Å². The first-order valence-electron chi connectivity index (χ1n) is 14.2. The maximum atomic E-state index is 14.3. The van der Waals surface area contributed by atoms with Crippen LogP contribution in [0.5, 0.6) is 0 Å². The zero-order valence-electron chi connectivity index (χ0n) is 22.4. The van der Waals surface area contributed by atoms with E-state index in [1.165, 1.54) is 11.1 Å². The van der Waals surface area contributed by atoms with E-state index < -0.39 is 5.41 Å². The van der Waals surface area contributed by atoms with Gasteiger partial charge in [0.2, 0.25) is 5.91 Å². The summed E-state index contributed by atoms with van der Waals surface area (Å²) in [5.41, 5.74) is 5.11. The van der Waals surface area contributed by atoms with Crippen molar-refractivity contribution in [2.75, 3.05) is 26.2 Å². The smallest absolute Gasteiger partial charge is 0.239 e. The Morgan fingerprint density at radius 3 is 1.79 bits per heavy atom. The van der Waals surface area contributed by atoms with Gasteiger partial charge in [-0.1, -0.05) is 127 Å². The van der Waals surface area contributed by atoms with Crippen LogP contribution in [0.3, 0.4) is 0 Å². The lowest BCUT2D eigenvalue weighted by atomic mass is 9.68. The van der Waals surface area contributed by atoms with Gasteiger partial charge in [-0.25, -0.2) is 0 Å². The Hall–Kier alpha value is -3.95. The van der Waals surface area contributed by atoms with E-state index in [1.807, 2.05) is 54.6 Å². The SMILES string of the molecule is O=C(NCCCN1CCC2(C=Cc3ccccc32)CC1)C(c1ccccc1)(c1ccccc1)c1ccccc1. The minimum Gasteiger partial charge on any atom is -0.355 e. The van der Waals surface area contributed by atoms with Gasteiger partial charge in [-0.3, -0.25) is 4.79 Å². The number of nitrogens with zero attached hydrogens (tertiary/aromatic N) is 1. The van der Waals surface area contributed by atoms with Crippen molar-refractivity contribution in [3.63, 3.8) is 0 Å². The van der Waals surface area contributed by atoms with Gasteiger partial charge in [-0.15, -0.1) is 0 Å². The summed E-state index contributed by atoms with van der Waals surface area (Å²) >= 11 is 0. The molecule has 3 nitrogen and oxygen atoms in total. The zero-order chi connectivity index (χ0) is 26.5. The zero-order valence-corrected chi connectivity index (χ0v) is 22.4. The second kappa shape index (κ2) is 11.0. The molecule has 1 amide bonds. The lowest BCUT2D eigenvalue weighted by Crippen LogP contribution is -2.47. The van der Waals surface area contributed by atoms with Gasteiger partial charge in [0.05, 0.1) is 0 Å². The van der Waals surface area contributed by atoms with E-state index in [0.29, 0.717) is 6.54 Å². The summed E-state index contributed by atoms with van der Waals surface area (Å²) in [6, 6.07) is 39.4. The molecule has 0 aromatic heterocycles. The monoisotopic (exact) mass is 512 g/mol. The average molecular weight is 513 g/mol. The molecule has 0 bridgehead atoms. The molecule has 1 fully saturated rings. The van der Waals surface area contributed by atoms with Crippen LogP contribution in [-0.4, -0.2) is 37.0 Å². The largest absolute Gasteiger partial charge is 0.355 e. The normalized spacial score (nSPS) is 16.2. The molecule has 0 radical (unpaired) electrons. The molecule has 0 saturated carbocycles. The van der Waals surface area contributed by atoms with Crippen molar-refractivity contribution in [3.05, 3.63) is 149 Å². The summed E-state index contributed by atoms with van der Waals surface area (Å²) in [5, 5.41) is 3.34. The fourth-order valence-corrected chi connectivity index (χ4v) is 6.64. The molecule has 1 spiro atoms. The molecule has 1 aliphatic heterocycles. The first kappa shape index (κ1) is 25.3. The van der Waals surface area contributed by atoms with Crippen molar-refractivity contribution in [2.45, 2.75) is 30.1 Å². The van der Waals surface area contributed by atoms with Crippen molar-refractivity contribution in [1.82, 2.24) is 10.2 Å². The van der Waals surface area contributed by atoms with Crippen LogP contribution in [0.1, 0.15) is 47.1 Å². The molecule has 196 valence electrons. The van der Waals surface area contributed by atoms with Crippen LogP contribution < -0.4 is 5.32 Å². The molecule has 1 N–H and O–H groups in total. The number of fused-ring (bicyclic) bond motifs is 2. The molecule has 39 heavy (non-hydrogen) atoms. The van der Waals surface area contributed by atoms with Crippen molar-refractivity contribution in [1.29, 1.82) is 0 Å². The van der Waals surface area contributed by atoms with E-state index in [4.69, 9.17) is 0 Å².